The van der Waals surface area contributed by atoms with Crippen molar-refractivity contribution in [1.82, 2.24) is 0 Å². The van der Waals surface area contributed by atoms with Gasteiger partial charge in [0.25, 0.3) is 0 Å². The van der Waals surface area contributed by atoms with E-state index in [1.165, 1.54) is 77.2 Å². The topological polar surface area (TPSA) is 3.24 Å². The van der Waals surface area contributed by atoms with Crippen LogP contribution in [0.15, 0.2) is 237 Å². The summed E-state index contributed by atoms with van der Waals surface area (Å²) in [4.78, 5) is 2.48. The molecule has 0 saturated carbocycles. The van der Waals surface area contributed by atoms with Crippen molar-refractivity contribution in [3.63, 3.8) is 0 Å². The molecule has 2 aliphatic rings. The molecule has 1 heteroatoms. The number of anilines is 3. The van der Waals surface area contributed by atoms with Crippen LogP contribution in [0, 0.1) is 0 Å². The van der Waals surface area contributed by atoms with Crippen LogP contribution >= 0.6 is 0 Å². The van der Waals surface area contributed by atoms with Crippen LogP contribution < -0.4 is 4.90 Å². The first-order valence-corrected chi connectivity index (χ1v) is 20.6. The SMILES string of the molecule is c1ccc(C2(c3ccccc3)c3ccccc3C3(c4ccccc4-c4ccc(N(c5ccc6ccccc6c5)c5cccc6ccccc56)cc43)c3ccccc32)cc1. The maximum absolute atomic E-state index is 2.51. The van der Waals surface area contributed by atoms with Gasteiger partial charge in [0.1, 0.15) is 0 Å². The van der Waals surface area contributed by atoms with E-state index in [-0.39, 0.29) is 0 Å². The third-order valence-corrected chi connectivity index (χ3v) is 13.2. The van der Waals surface area contributed by atoms with E-state index >= 15 is 0 Å². The molecule has 0 radical (unpaired) electrons. The Labute approximate surface area is 345 Å². The van der Waals surface area contributed by atoms with Crippen molar-refractivity contribution in [1.29, 1.82) is 0 Å². The highest BCUT2D eigenvalue weighted by Crippen LogP contribution is 2.65. The number of hydrogen-bond acceptors (Lipinski definition) is 1. The third kappa shape index (κ3) is 4.67. The van der Waals surface area contributed by atoms with Gasteiger partial charge in [-0.1, -0.05) is 206 Å². The molecule has 0 aromatic heterocycles. The summed E-state index contributed by atoms with van der Waals surface area (Å²) >= 11 is 0. The Hall–Kier alpha value is -7.48. The molecule has 10 aromatic carbocycles. The Kier molecular flexibility index (Phi) is 7.43. The maximum Gasteiger partial charge on any atom is 0.0720 e. The van der Waals surface area contributed by atoms with Crippen LogP contribution in [-0.4, -0.2) is 0 Å². The average molecular weight is 750 g/mol. The quantitative estimate of drug-likeness (QED) is 0.169. The zero-order valence-electron chi connectivity index (χ0n) is 32.5. The molecule has 0 amide bonds. The highest BCUT2D eigenvalue weighted by atomic mass is 15.1. The van der Waals surface area contributed by atoms with Gasteiger partial charge >= 0.3 is 0 Å². The van der Waals surface area contributed by atoms with Crippen LogP contribution in [0.4, 0.5) is 17.1 Å². The van der Waals surface area contributed by atoms with Gasteiger partial charge in [0, 0.05) is 16.8 Å². The molecule has 0 fully saturated rings. The molecule has 10 aromatic rings. The van der Waals surface area contributed by atoms with Crippen LogP contribution in [0.1, 0.15) is 44.5 Å². The zero-order chi connectivity index (χ0) is 39.0. The van der Waals surface area contributed by atoms with Crippen molar-refractivity contribution in [3.8, 4) is 11.1 Å². The van der Waals surface area contributed by atoms with Crippen molar-refractivity contribution in [2.45, 2.75) is 10.8 Å². The van der Waals surface area contributed by atoms with E-state index < -0.39 is 10.8 Å². The molecule has 1 spiro atoms. The molecular formula is C58H39N. The molecule has 0 unspecified atom stereocenters. The minimum absolute atomic E-state index is 0.545. The van der Waals surface area contributed by atoms with E-state index in [4.69, 9.17) is 0 Å². The third-order valence-electron chi connectivity index (χ3n) is 13.2. The summed E-state index contributed by atoms with van der Waals surface area (Å²) in [7, 11) is 0. The largest absolute Gasteiger partial charge is 0.310 e. The lowest BCUT2D eigenvalue weighted by molar-refractivity contribution is 0.623. The van der Waals surface area contributed by atoms with Gasteiger partial charge in [0.05, 0.1) is 16.5 Å². The lowest BCUT2D eigenvalue weighted by Gasteiger charge is -2.50. The second-order valence-corrected chi connectivity index (χ2v) is 16.0. The fraction of sp³-hybridized carbons (Fsp3) is 0.0345. The molecule has 12 rings (SSSR count). The van der Waals surface area contributed by atoms with E-state index in [1.54, 1.807) is 0 Å². The summed E-state index contributed by atoms with van der Waals surface area (Å²) in [6.07, 6.45) is 0. The van der Waals surface area contributed by atoms with Crippen molar-refractivity contribution in [2.75, 3.05) is 4.90 Å². The molecule has 0 bridgehead atoms. The second-order valence-electron chi connectivity index (χ2n) is 16.0. The van der Waals surface area contributed by atoms with Crippen LogP contribution in [0.25, 0.3) is 32.7 Å². The summed E-state index contributed by atoms with van der Waals surface area (Å²) in [5, 5.41) is 4.88. The van der Waals surface area contributed by atoms with E-state index in [1.807, 2.05) is 0 Å². The van der Waals surface area contributed by atoms with E-state index in [0.717, 1.165) is 17.1 Å². The first kappa shape index (κ1) is 33.6. The molecule has 0 heterocycles. The monoisotopic (exact) mass is 749 g/mol. The number of hydrogen-bond donors (Lipinski definition) is 0. The number of rotatable bonds is 5. The zero-order valence-corrected chi connectivity index (χ0v) is 32.5. The minimum atomic E-state index is -0.587. The maximum atomic E-state index is 2.51. The van der Waals surface area contributed by atoms with Crippen molar-refractivity contribution in [3.05, 3.63) is 281 Å². The fourth-order valence-corrected chi connectivity index (χ4v) is 10.9. The lowest BCUT2D eigenvalue weighted by atomic mass is 9.51. The van der Waals surface area contributed by atoms with Crippen LogP contribution in [0.3, 0.4) is 0 Å². The molecule has 1 nitrogen and oxygen atoms in total. The van der Waals surface area contributed by atoms with Crippen molar-refractivity contribution in [2.24, 2.45) is 0 Å². The Bertz CT molecular complexity index is 3140. The summed E-state index contributed by atoms with van der Waals surface area (Å²) in [6.45, 7) is 0. The standard InChI is InChI=1S/C58H39N/c1-3-22-43(23-4-1)57(44-24-5-2-6-25-44)51-29-13-15-31-53(51)58(54-32-16-14-30-52(54)57)50-28-12-11-27-48(50)49-37-36-46(39-55(49)58)59(45-35-34-40-18-7-8-20-42(40)38-45)56-33-17-21-41-19-9-10-26-47(41)56/h1-39H. The van der Waals surface area contributed by atoms with Gasteiger partial charge in [-0.05, 0) is 102 Å². The molecule has 0 N–H and O–H groups in total. The molecule has 0 atom stereocenters. The summed E-state index contributed by atoms with van der Waals surface area (Å²) in [5.74, 6) is 0. The van der Waals surface area contributed by atoms with Crippen LogP contribution in [0.5, 0.6) is 0 Å². The van der Waals surface area contributed by atoms with Crippen molar-refractivity contribution < 1.29 is 0 Å². The minimum Gasteiger partial charge on any atom is -0.310 e. The molecule has 59 heavy (non-hydrogen) atoms. The van der Waals surface area contributed by atoms with Gasteiger partial charge in [0.2, 0.25) is 0 Å². The Morgan fingerprint density at radius 3 is 1.42 bits per heavy atom. The highest BCUT2D eigenvalue weighted by Gasteiger charge is 2.56. The van der Waals surface area contributed by atoms with Gasteiger partial charge in [-0.25, -0.2) is 0 Å². The number of fused-ring (bicyclic) bond motifs is 11. The van der Waals surface area contributed by atoms with Gasteiger partial charge in [-0.3, -0.25) is 0 Å². The van der Waals surface area contributed by atoms with Crippen LogP contribution in [-0.2, 0) is 10.8 Å². The number of nitrogens with zero attached hydrogens (tertiary/aromatic N) is 1. The summed E-state index contributed by atoms with van der Waals surface area (Å²) in [6, 6.07) is 88.2. The van der Waals surface area contributed by atoms with E-state index in [2.05, 4.69) is 241 Å². The summed E-state index contributed by atoms with van der Waals surface area (Å²) in [5.41, 5.74) is 15.2. The van der Waals surface area contributed by atoms with Crippen LogP contribution in [0.2, 0.25) is 0 Å². The Balaban J connectivity index is 1.19. The lowest BCUT2D eigenvalue weighted by Crippen LogP contribution is -2.44. The Morgan fingerprint density at radius 1 is 0.271 bits per heavy atom. The summed E-state index contributed by atoms with van der Waals surface area (Å²) < 4.78 is 0. The Morgan fingerprint density at radius 2 is 0.746 bits per heavy atom. The first-order chi connectivity index (χ1) is 29.3. The molecule has 276 valence electrons. The molecule has 0 saturated heterocycles. The first-order valence-electron chi connectivity index (χ1n) is 20.6. The smallest absolute Gasteiger partial charge is 0.0720 e. The average Bonchev–Trinajstić information content (AvgIpc) is 3.60. The molecule has 0 aliphatic heterocycles. The van der Waals surface area contributed by atoms with E-state index in [9.17, 15) is 0 Å². The van der Waals surface area contributed by atoms with Gasteiger partial charge in [0.15, 0.2) is 0 Å². The number of benzene rings is 10. The fourth-order valence-electron chi connectivity index (χ4n) is 10.9. The van der Waals surface area contributed by atoms with Gasteiger partial charge in [-0.2, -0.15) is 0 Å². The molecular weight excluding hydrogens is 711 g/mol. The van der Waals surface area contributed by atoms with Gasteiger partial charge < -0.3 is 4.90 Å². The normalized spacial score (nSPS) is 14.0. The van der Waals surface area contributed by atoms with Gasteiger partial charge in [-0.15, -0.1) is 0 Å². The predicted octanol–water partition coefficient (Wildman–Crippen LogP) is 14.5. The van der Waals surface area contributed by atoms with E-state index in [0.29, 0.717) is 0 Å². The second kappa shape index (κ2) is 13.0. The highest BCUT2D eigenvalue weighted by molar-refractivity contribution is 6.01. The molecule has 2 aliphatic carbocycles. The predicted molar refractivity (Wildman–Crippen MR) is 245 cm³/mol. The van der Waals surface area contributed by atoms with Crippen molar-refractivity contribution >= 4 is 38.6 Å².